The van der Waals surface area contributed by atoms with Gasteiger partial charge in [0.25, 0.3) is 0 Å². The zero-order valence-corrected chi connectivity index (χ0v) is 7.94. The fourth-order valence-corrected chi connectivity index (χ4v) is 3.18. The molecule has 2 rings (SSSR count). The van der Waals surface area contributed by atoms with E-state index in [1.165, 1.54) is 12.8 Å². The van der Waals surface area contributed by atoms with Gasteiger partial charge < -0.3 is 1.43 Å². The normalized spacial score (nSPS) is 20.0. The molecule has 0 amide bonds. The zero-order chi connectivity index (χ0) is 7.52. The van der Waals surface area contributed by atoms with Gasteiger partial charge in [-0.3, -0.25) is 0 Å². The van der Waals surface area contributed by atoms with Crippen LogP contribution in [0.25, 0.3) is 0 Å². The first-order valence-corrected chi connectivity index (χ1v) is 5.50. The summed E-state index contributed by atoms with van der Waals surface area (Å²) in [6, 6.07) is 0. The Kier molecular flexibility index (Phi) is 2.25. The predicted molar refractivity (Wildman–Crippen MR) is 44.8 cm³/mol. The maximum Gasteiger partial charge on any atom is -1.00 e. The van der Waals surface area contributed by atoms with E-state index >= 15 is 0 Å². The zero-order valence-electron chi connectivity index (χ0n) is 7.38. The summed E-state index contributed by atoms with van der Waals surface area (Å²) in [4.78, 5) is 0. The summed E-state index contributed by atoms with van der Waals surface area (Å²) in [6.07, 6.45) is 15.9. The van der Waals surface area contributed by atoms with E-state index in [1.54, 1.807) is 7.76 Å². The monoisotopic (exact) mass is 179 g/mol. The topological polar surface area (TPSA) is 0 Å². The van der Waals surface area contributed by atoms with Gasteiger partial charge in [-0.2, -0.15) is 0 Å². The van der Waals surface area contributed by atoms with Crippen LogP contribution in [0.3, 0.4) is 0 Å². The quantitative estimate of drug-likeness (QED) is 0.571. The van der Waals surface area contributed by atoms with Gasteiger partial charge in [0.05, 0.1) is 0 Å². The van der Waals surface area contributed by atoms with Gasteiger partial charge in [-0.1, -0.05) is 0 Å². The molecule has 0 saturated carbocycles. The van der Waals surface area contributed by atoms with E-state index in [1.807, 2.05) is 0 Å². The van der Waals surface area contributed by atoms with Gasteiger partial charge in [-0.25, -0.2) is 0 Å². The summed E-state index contributed by atoms with van der Waals surface area (Å²) in [5.74, 6) is 0. The van der Waals surface area contributed by atoms with Crippen LogP contribution in [0, 0.1) is 0 Å². The van der Waals surface area contributed by atoms with Crippen molar-refractivity contribution >= 4 is 0 Å². The molecule has 0 nitrogen and oxygen atoms in total. The van der Waals surface area contributed by atoms with Gasteiger partial charge in [0.15, 0.2) is 0 Å². The SMILES string of the molecule is C1=CC[C]([Ti+][C]2=CC=CC2)=C1.[H-]. The van der Waals surface area contributed by atoms with Gasteiger partial charge in [0.2, 0.25) is 0 Å². The van der Waals surface area contributed by atoms with Crippen LogP contribution in [-0.4, -0.2) is 0 Å². The van der Waals surface area contributed by atoms with Crippen LogP contribution in [0.15, 0.2) is 44.2 Å². The van der Waals surface area contributed by atoms with Gasteiger partial charge >= 0.3 is 76.2 Å². The predicted octanol–water partition coefficient (Wildman–Crippen LogP) is 2.87. The summed E-state index contributed by atoms with van der Waals surface area (Å²) >= 11 is 0.0833. The van der Waals surface area contributed by atoms with Crippen molar-refractivity contribution in [1.29, 1.82) is 0 Å². The van der Waals surface area contributed by atoms with Crippen molar-refractivity contribution in [2.45, 2.75) is 12.8 Å². The van der Waals surface area contributed by atoms with Crippen LogP contribution in [-0.2, 0) is 19.2 Å². The van der Waals surface area contributed by atoms with Crippen molar-refractivity contribution in [1.82, 2.24) is 0 Å². The number of allylic oxidation sites excluding steroid dienone is 8. The Morgan fingerprint density at radius 1 is 1.00 bits per heavy atom. The van der Waals surface area contributed by atoms with Crippen LogP contribution in [0.1, 0.15) is 14.3 Å². The second-order valence-electron chi connectivity index (χ2n) is 2.77. The molecule has 0 fully saturated rings. The van der Waals surface area contributed by atoms with E-state index in [0.717, 1.165) is 0 Å². The van der Waals surface area contributed by atoms with Gasteiger partial charge in [-0.15, -0.1) is 0 Å². The standard InChI is InChI=1S/2C5H5.Ti.H/c2*1-2-4-5-3-1;;/h2*1-3H,4H2;;/q;;+1;-1. The molecule has 1 heteroatoms. The summed E-state index contributed by atoms with van der Waals surface area (Å²) in [6.45, 7) is 0. The average Bonchev–Trinajstić information content (AvgIpc) is 2.60. The second kappa shape index (κ2) is 3.38. The molecule has 2 aliphatic carbocycles. The molecule has 0 unspecified atom stereocenters. The van der Waals surface area contributed by atoms with Crippen LogP contribution in [0.4, 0.5) is 0 Å². The molecular formula is C10H11Ti. The molecule has 55 valence electrons. The van der Waals surface area contributed by atoms with Crippen LogP contribution in [0.5, 0.6) is 0 Å². The van der Waals surface area contributed by atoms with Crippen molar-refractivity contribution < 1.29 is 20.6 Å². The molecule has 2 aliphatic rings. The number of hydrogen-bond acceptors (Lipinski definition) is 0. The van der Waals surface area contributed by atoms with Gasteiger partial charge in [0, 0.05) is 0 Å². The first-order valence-electron chi connectivity index (χ1n) is 3.93. The molecule has 0 heterocycles. The Morgan fingerprint density at radius 2 is 1.55 bits per heavy atom. The molecule has 11 heavy (non-hydrogen) atoms. The Hall–Kier alpha value is -0.326. The minimum Gasteiger partial charge on any atom is -1.00 e. The van der Waals surface area contributed by atoms with Crippen molar-refractivity contribution in [3.8, 4) is 0 Å². The van der Waals surface area contributed by atoms with E-state index in [4.69, 9.17) is 0 Å². The third-order valence-electron chi connectivity index (χ3n) is 1.86. The molecule has 0 aromatic rings. The minimum atomic E-state index is 0. The molecule has 0 spiro atoms. The molecule has 0 radical (unpaired) electrons. The fraction of sp³-hybridized carbons (Fsp3) is 0.200. The van der Waals surface area contributed by atoms with E-state index in [0.29, 0.717) is 0 Å². The Bertz CT molecular complexity index is 244. The number of rotatable bonds is 2. The smallest absolute Gasteiger partial charge is 1.00 e. The third kappa shape index (κ3) is 1.82. The Labute approximate surface area is 77.8 Å². The summed E-state index contributed by atoms with van der Waals surface area (Å²) in [5, 5.41) is 0. The molecule has 0 aromatic carbocycles. The molecule has 0 bridgehead atoms. The maximum atomic E-state index is 2.29. The van der Waals surface area contributed by atoms with E-state index in [2.05, 4.69) is 36.5 Å². The molecule has 0 saturated heterocycles. The first kappa shape index (κ1) is 7.33. The van der Waals surface area contributed by atoms with Gasteiger partial charge in [0.1, 0.15) is 0 Å². The fourth-order valence-electron chi connectivity index (χ4n) is 1.29. The average molecular weight is 179 g/mol. The van der Waals surface area contributed by atoms with Crippen LogP contribution < -0.4 is 0 Å². The van der Waals surface area contributed by atoms with Crippen molar-refractivity contribution in [2.24, 2.45) is 0 Å². The molecule has 0 N–H and O–H groups in total. The van der Waals surface area contributed by atoms with Crippen LogP contribution in [0.2, 0.25) is 0 Å². The van der Waals surface area contributed by atoms with Crippen molar-refractivity contribution in [2.75, 3.05) is 0 Å². The van der Waals surface area contributed by atoms with Gasteiger partial charge in [-0.05, 0) is 0 Å². The Balaban J connectivity index is 0.000000720. The molecule has 0 aliphatic heterocycles. The molecule has 0 aromatic heterocycles. The summed E-state index contributed by atoms with van der Waals surface area (Å²) in [7, 11) is 0. The molecular weight excluding hydrogens is 168 g/mol. The van der Waals surface area contributed by atoms with E-state index in [-0.39, 0.29) is 20.6 Å². The summed E-state index contributed by atoms with van der Waals surface area (Å²) < 4.78 is 3.36. The maximum absolute atomic E-state index is 2.29. The van der Waals surface area contributed by atoms with Crippen molar-refractivity contribution in [3.63, 3.8) is 0 Å². The number of hydrogen-bond donors (Lipinski definition) is 0. The second-order valence-corrected chi connectivity index (χ2v) is 5.17. The van der Waals surface area contributed by atoms with Crippen LogP contribution >= 0.6 is 0 Å². The summed E-state index contributed by atoms with van der Waals surface area (Å²) in [5.41, 5.74) is 0. The van der Waals surface area contributed by atoms with Crippen molar-refractivity contribution in [3.05, 3.63) is 44.2 Å². The van der Waals surface area contributed by atoms with E-state index < -0.39 is 0 Å². The third-order valence-corrected chi connectivity index (χ3v) is 4.02. The minimum absolute atomic E-state index is 0. The first-order chi connectivity index (χ1) is 5.45. The molecule has 0 atom stereocenters. The largest absolute Gasteiger partial charge is 1.00 e. The van der Waals surface area contributed by atoms with E-state index in [9.17, 15) is 0 Å². The Morgan fingerprint density at radius 3 is 1.91 bits per heavy atom.